The van der Waals surface area contributed by atoms with E-state index in [1.807, 2.05) is 0 Å². The largest absolute Gasteiger partial charge is 0.732 e. The fraction of sp³-hybridized carbons (Fsp3) is 1.00. The first-order chi connectivity index (χ1) is 6.89. The van der Waals surface area contributed by atoms with Crippen LogP contribution in [0.3, 0.4) is 0 Å². The molecule has 0 spiro atoms. The molecule has 0 aliphatic rings. The van der Waals surface area contributed by atoms with Crippen molar-refractivity contribution in [2.24, 2.45) is 0 Å². The van der Waals surface area contributed by atoms with Crippen molar-refractivity contribution in [3.63, 3.8) is 0 Å². The van der Waals surface area contributed by atoms with E-state index in [1.54, 1.807) is 4.83 Å². The molecule has 0 radical (unpaired) electrons. The highest BCUT2D eigenvalue weighted by Gasteiger charge is 2.28. The standard InChI is InChI=1S/C6H16N2O6S/c9-4-1-8(2-5-10,3-6-11)7-15(12,13)14/h7,9-11H,1-6H2. The summed E-state index contributed by atoms with van der Waals surface area (Å²) in [6, 6.07) is 0. The molecule has 0 rings (SSSR count). The molecule has 0 aliphatic heterocycles. The van der Waals surface area contributed by atoms with Gasteiger partial charge in [-0.15, -0.1) is 0 Å². The summed E-state index contributed by atoms with van der Waals surface area (Å²) in [5.41, 5.74) is 0. The lowest BCUT2D eigenvalue weighted by molar-refractivity contribution is -0.957. The molecular formula is C6H16N2O6S. The summed E-state index contributed by atoms with van der Waals surface area (Å²) >= 11 is 0. The molecule has 0 atom stereocenters. The molecule has 0 saturated heterocycles. The van der Waals surface area contributed by atoms with Crippen molar-refractivity contribution in [1.29, 1.82) is 0 Å². The molecule has 15 heavy (non-hydrogen) atoms. The predicted molar refractivity (Wildman–Crippen MR) is 49.0 cm³/mol. The molecule has 0 unspecified atom stereocenters. The lowest BCUT2D eigenvalue weighted by Gasteiger charge is -2.36. The van der Waals surface area contributed by atoms with Crippen LogP contribution in [0.25, 0.3) is 0 Å². The van der Waals surface area contributed by atoms with Crippen LogP contribution in [0.2, 0.25) is 0 Å². The van der Waals surface area contributed by atoms with Gasteiger partial charge in [-0.25, -0.2) is 13.0 Å². The van der Waals surface area contributed by atoms with Crippen molar-refractivity contribution < 1.29 is 32.9 Å². The predicted octanol–water partition coefficient (Wildman–Crippen LogP) is -3.26. The Labute approximate surface area is 88.2 Å². The smallest absolute Gasteiger partial charge is 0.203 e. The topological polar surface area (TPSA) is 130 Å². The number of quaternary nitrogens is 1. The number of nitrogens with one attached hydrogen (secondary N) is 1. The van der Waals surface area contributed by atoms with Gasteiger partial charge in [0.1, 0.15) is 19.6 Å². The minimum atomic E-state index is -4.71. The first-order valence-corrected chi connectivity index (χ1v) is 5.73. The highest BCUT2D eigenvalue weighted by Crippen LogP contribution is 2.02. The molecule has 4 N–H and O–H groups in total. The second-order valence-corrected chi connectivity index (χ2v) is 4.12. The molecule has 8 nitrogen and oxygen atoms in total. The normalized spacial score (nSPS) is 13.1. The second kappa shape index (κ2) is 6.33. The number of aliphatic hydroxyl groups excluding tert-OH is 3. The number of rotatable bonds is 8. The van der Waals surface area contributed by atoms with Gasteiger partial charge >= 0.3 is 0 Å². The van der Waals surface area contributed by atoms with Gasteiger partial charge in [0, 0.05) is 0 Å². The maximum absolute atomic E-state index is 10.5. The first kappa shape index (κ1) is 14.7. The van der Waals surface area contributed by atoms with Crippen molar-refractivity contribution in [2.75, 3.05) is 39.5 Å². The number of aliphatic hydroxyl groups is 3. The highest BCUT2D eigenvalue weighted by atomic mass is 32.2. The second-order valence-electron chi connectivity index (χ2n) is 3.03. The molecule has 0 bridgehead atoms. The molecular weight excluding hydrogens is 228 g/mol. The van der Waals surface area contributed by atoms with Crippen molar-refractivity contribution in [3.05, 3.63) is 0 Å². The van der Waals surface area contributed by atoms with Crippen LogP contribution in [0, 0.1) is 0 Å². The van der Waals surface area contributed by atoms with Crippen LogP contribution >= 0.6 is 0 Å². The van der Waals surface area contributed by atoms with Crippen LogP contribution in [0.4, 0.5) is 0 Å². The molecule has 0 aromatic rings. The molecule has 0 aromatic heterocycles. The Hall–Kier alpha value is -0.290. The Morgan fingerprint density at radius 1 is 1.00 bits per heavy atom. The van der Waals surface area contributed by atoms with Gasteiger partial charge in [-0.3, -0.25) is 0 Å². The van der Waals surface area contributed by atoms with Crippen LogP contribution in [0.1, 0.15) is 0 Å². The lowest BCUT2D eigenvalue weighted by Crippen LogP contribution is -2.63. The summed E-state index contributed by atoms with van der Waals surface area (Å²) in [6.45, 7) is -1.40. The average Bonchev–Trinajstić information content (AvgIpc) is 2.01. The Bertz CT molecular complexity index is 250. The van der Waals surface area contributed by atoms with E-state index in [0.29, 0.717) is 0 Å². The van der Waals surface area contributed by atoms with E-state index in [9.17, 15) is 13.0 Å². The van der Waals surface area contributed by atoms with Crippen LogP contribution in [0.15, 0.2) is 0 Å². The molecule has 0 amide bonds. The molecule has 0 saturated carbocycles. The van der Waals surface area contributed by atoms with Crippen molar-refractivity contribution in [2.45, 2.75) is 0 Å². The molecule has 0 aliphatic carbocycles. The minimum Gasteiger partial charge on any atom is -0.732 e. The average molecular weight is 244 g/mol. The molecule has 0 fully saturated rings. The van der Waals surface area contributed by atoms with E-state index >= 15 is 0 Å². The van der Waals surface area contributed by atoms with Crippen LogP contribution < -0.4 is 4.83 Å². The Kier molecular flexibility index (Phi) is 6.20. The first-order valence-electron chi connectivity index (χ1n) is 4.33. The van der Waals surface area contributed by atoms with Gasteiger partial charge in [0.25, 0.3) is 0 Å². The summed E-state index contributed by atoms with van der Waals surface area (Å²) in [5.74, 6) is 0. The number of hydrogen-bond donors (Lipinski definition) is 4. The zero-order chi connectivity index (χ0) is 11.9. The third-order valence-corrected chi connectivity index (χ3v) is 2.50. The lowest BCUT2D eigenvalue weighted by atomic mass is 10.4. The number of hydrogen-bond acceptors (Lipinski definition) is 6. The van der Waals surface area contributed by atoms with Gasteiger partial charge in [-0.05, 0) is 0 Å². The van der Waals surface area contributed by atoms with E-state index < -0.39 is 14.9 Å². The van der Waals surface area contributed by atoms with E-state index in [2.05, 4.69) is 0 Å². The van der Waals surface area contributed by atoms with E-state index in [1.165, 1.54) is 0 Å². The van der Waals surface area contributed by atoms with Gasteiger partial charge < -0.3 is 19.9 Å². The van der Waals surface area contributed by atoms with Crippen molar-refractivity contribution in [3.8, 4) is 0 Å². The van der Waals surface area contributed by atoms with Crippen LogP contribution in [0.5, 0.6) is 0 Å². The summed E-state index contributed by atoms with van der Waals surface area (Å²) in [7, 11) is -4.71. The fourth-order valence-electron chi connectivity index (χ4n) is 1.28. The fourth-order valence-corrected chi connectivity index (χ4v) is 2.03. The Morgan fingerprint density at radius 3 is 1.53 bits per heavy atom. The minimum absolute atomic E-state index is 0.0947. The molecule has 9 heteroatoms. The van der Waals surface area contributed by atoms with Crippen LogP contribution in [-0.2, 0) is 10.3 Å². The van der Waals surface area contributed by atoms with Gasteiger partial charge in [-0.1, -0.05) is 4.83 Å². The van der Waals surface area contributed by atoms with Crippen molar-refractivity contribution in [1.82, 2.24) is 4.83 Å². The third-order valence-electron chi connectivity index (χ3n) is 1.89. The monoisotopic (exact) mass is 244 g/mol. The molecule has 0 heterocycles. The summed E-state index contributed by atoms with van der Waals surface area (Å²) < 4.78 is 31.1. The Morgan fingerprint density at radius 2 is 1.33 bits per heavy atom. The quantitative estimate of drug-likeness (QED) is 0.201. The zero-order valence-electron chi connectivity index (χ0n) is 8.16. The SMILES string of the molecule is O=S(=O)([O-])N[N+](CCO)(CCO)CCO. The maximum atomic E-state index is 10.5. The van der Waals surface area contributed by atoms with E-state index in [4.69, 9.17) is 15.3 Å². The summed E-state index contributed by atoms with van der Waals surface area (Å²) in [4.78, 5) is 1.75. The van der Waals surface area contributed by atoms with Crippen molar-refractivity contribution >= 4 is 10.3 Å². The molecule has 92 valence electrons. The van der Waals surface area contributed by atoms with E-state index in [-0.39, 0.29) is 39.5 Å². The van der Waals surface area contributed by atoms with Crippen LogP contribution in [-0.4, -0.2) is 72.3 Å². The third kappa shape index (κ3) is 5.99. The maximum Gasteiger partial charge on any atom is 0.203 e. The van der Waals surface area contributed by atoms with Gasteiger partial charge in [0.15, 0.2) is 0 Å². The van der Waals surface area contributed by atoms with E-state index in [0.717, 1.165) is 0 Å². The molecule has 0 aromatic carbocycles. The zero-order valence-corrected chi connectivity index (χ0v) is 8.98. The number of nitrogens with zero attached hydrogens (tertiary/aromatic N) is 1. The summed E-state index contributed by atoms with van der Waals surface area (Å²) in [6.07, 6.45) is 0. The van der Waals surface area contributed by atoms with Gasteiger partial charge in [-0.2, -0.15) is 0 Å². The van der Waals surface area contributed by atoms with Gasteiger partial charge in [0.2, 0.25) is 10.3 Å². The Balaban J connectivity index is 4.75. The summed E-state index contributed by atoms with van der Waals surface area (Å²) in [5, 5.41) is 26.2. The van der Waals surface area contributed by atoms with Gasteiger partial charge in [0.05, 0.1) is 19.8 Å². The highest BCUT2D eigenvalue weighted by molar-refractivity contribution is 7.83.